The first-order chi connectivity index (χ1) is 14.5. The van der Waals surface area contributed by atoms with Crippen LogP contribution in [-0.4, -0.2) is 62.2 Å². The maximum Gasteiger partial charge on any atom is 0.261 e. The fraction of sp³-hybridized carbons (Fsp3) is 0.333. The topological polar surface area (TPSA) is 102 Å². The number of hydrogen-bond acceptors (Lipinski definition) is 5. The molecule has 30 heavy (non-hydrogen) atoms. The van der Waals surface area contributed by atoms with E-state index in [9.17, 15) is 14.4 Å². The van der Waals surface area contributed by atoms with Gasteiger partial charge in [-0.05, 0) is 44.1 Å². The summed E-state index contributed by atoms with van der Waals surface area (Å²) in [5, 5.41) is 0.265. The fourth-order valence-corrected chi connectivity index (χ4v) is 4.72. The summed E-state index contributed by atoms with van der Waals surface area (Å²) in [6, 6.07) is 5.03. The predicted molar refractivity (Wildman–Crippen MR) is 113 cm³/mol. The zero-order chi connectivity index (χ0) is 21.0. The highest BCUT2D eigenvalue weighted by Gasteiger charge is 2.39. The maximum atomic E-state index is 13.0. The second kappa shape index (κ2) is 7.07. The summed E-state index contributed by atoms with van der Waals surface area (Å²) in [6.45, 7) is 4.41. The van der Waals surface area contributed by atoms with Gasteiger partial charge < -0.3 is 9.97 Å². The van der Waals surface area contributed by atoms with Crippen LogP contribution in [0.4, 0.5) is 0 Å². The van der Waals surface area contributed by atoms with Crippen molar-refractivity contribution in [1.82, 2.24) is 24.8 Å². The van der Waals surface area contributed by atoms with Gasteiger partial charge in [-0.25, -0.2) is 4.98 Å². The van der Waals surface area contributed by atoms with Crippen LogP contribution in [0.2, 0.25) is 5.02 Å². The number of benzene rings is 1. The summed E-state index contributed by atoms with van der Waals surface area (Å²) >= 11 is 6.16. The van der Waals surface area contributed by atoms with Gasteiger partial charge in [0.2, 0.25) is 0 Å². The van der Waals surface area contributed by atoms with Crippen LogP contribution in [0.15, 0.2) is 29.2 Å². The van der Waals surface area contributed by atoms with Gasteiger partial charge in [-0.3, -0.25) is 24.2 Å². The molecular formula is C21H20ClN5O3. The Morgan fingerprint density at radius 3 is 2.70 bits per heavy atom. The maximum absolute atomic E-state index is 13.0. The molecule has 2 aromatic heterocycles. The van der Waals surface area contributed by atoms with E-state index >= 15 is 0 Å². The molecule has 2 N–H and O–H groups in total. The summed E-state index contributed by atoms with van der Waals surface area (Å²) in [4.78, 5) is 51.9. The number of aromatic amines is 2. The molecule has 0 saturated carbocycles. The number of hydrogen-bond donors (Lipinski definition) is 2. The zero-order valence-electron chi connectivity index (χ0n) is 16.4. The number of amides is 2. The van der Waals surface area contributed by atoms with E-state index in [4.69, 9.17) is 11.6 Å². The van der Waals surface area contributed by atoms with Crippen molar-refractivity contribution in [3.63, 3.8) is 0 Å². The van der Waals surface area contributed by atoms with Crippen molar-refractivity contribution in [3.8, 4) is 11.4 Å². The highest BCUT2D eigenvalue weighted by molar-refractivity contribution is 6.33. The number of carbonyl (C=O) groups excluding carboxylic acids is 2. The third kappa shape index (κ3) is 2.86. The molecule has 0 bridgehead atoms. The van der Waals surface area contributed by atoms with Gasteiger partial charge in [0.25, 0.3) is 17.4 Å². The van der Waals surface area contributed by atoms with E-state index in [0.29, 0.717) is 34.5 Å². The van der Waals surface area contributed by atoms with Gasteiger partial charge in [0.05, 0.1) is 27.2 Å². The Morgan fingerprint density at radius 1 is 1.20 bits per heavy atom. The summed E-state index contributed by atoms with van der Waals surface area (Å²) in [6.07, 6.45) is 3.53. The molecule has 1 fully saturated rings. The number of likely N-dealkylation sites (tertiary alicyclic amines) is 1. The molecule has 0 radical (unpaired) electrons. The van der Waals surface area contributed by atoms with E-state index in [-0.39, 0.29) is 34.0 Å². The lowest BCUT2D eigenvalue weighted by atomic mass is 10.1. The largest absolute Gasteiger partial charge is 0.338 e. The number of rotatable bonds is 4. The van der Waals surface area contributed by atoms with E-state index in [2.05, 4.69) is 26.8 Å². The van der Waals surface area contributed by atoms with E-state index < -0.39 is 0 Å². The first-order valence-corrected chi connectivity index (χ1v) is 10.4. The van der Waals surface area contributed by atoms with E-state index in [1.54, 1.807) is 18.2 Å². The zero-order valence-corrected chi connectivity index (χ0v) is 17.1. The number of nitrogens with zero attached hydrogens (tertiary/aromatic N) is 3. The number of H-pyrrole nitrogens is 2. The molecule has 3 aromatic rings. The van der Waals surface area contributed by atoms with E-state index in [1.165, 1.54) is 11.1 Å². The molecule has 5 rings (SSSR count). The summed E-state index contributed by atoms with van der Waals surface area (Å²) < 4.78 is 0. The van der Waals surface area contributed by atoms with Gasteiger partial charge in [-0.1, -0.05) is 18.5 Å². The molecule has 0 unspecified atom stereocenters. The number of halogens is 1. The summed E-state index contributed by atoms with van der Waals surface area (Å²) in [7, 11) is 0. The number of pyridine rings is 1. The van der Waals surface area contributed by atoms with Crippen molar-refractivity contribution in [2.75, 3.05) is 19.6 Å². The Balaban J connectivity index is 1.51. The van der Waals surface area contributed by atoms with Crippen molar-refractivity contribution >= 4 is 34.4 Å². The summed E-state index contributed by atoms with van der Waals surface area (Å²) in [5.74, 6) is -0.284. The Kier molecular flexibility index (Phi) is 4.48. The van der Waals surface area contributed by atoms with Crippen LogP contribution >= 0.6 is 11.6 Å². The number of likely N-dealkylation sites (N-methyl/N-ethyl adjacent to an activating group) is 1. The molecule has 1 saturated heterocycles. The predicted octanol–water partition coefficient (Wildman–Crippen LogP) is 2.65. The average Bonchev–Trinajstić information content (AvgIpc) is 3.40. The van der Waals surface area contributed by atoms with Crippen molar-refractivity contribution < 1.29 is 9.59 Å². The number of imide groups is 1. The molecule has 154 valence electrons. The molecule has 2 aliphatic rings. The van der Waals surface area contributed by atoms with Crippen LogP contribution in [-0.2, 0) is 0 Å². The molecule has 1 aromatic carbocycles. The van der Waals surface area contributed by atoms with Crippen molar-refractivity contribution in [1.29, 1.82) is 0 Å². The highest BCUT2D eigenvalue weighted by atomic mass is 35.5. The standard InChI is InChI=1S/C21H20ClN5O3/c1-2-26-7-3-4-11(26)10-27-20(29)12-8-15-16(9-13(12)21(27)30)25-18(24-15)17-14(22)5-6-23-19(17)28/h5-6,8-9,11H,2-4,7,10H2,1H3,(H,23,28)(H,24,25)/t11-/m1/s1. The number of fused-ring (bicyclic) bond motifs is 2. The van der Waals surface area contributed by atoms with E-state index in [1.807, 2.05) is 0 Å². The Hall–Kier alpha value is -2.97. The minimum atomic E-state index is -0.371. The van der Waals surface area contributed by atoms with Crippen LogP contribution < -0.4 is 5.56 Å². The van der Waals surface area contributed by atoms with Crippen LogP contribution in [0.5, 0.6) is 0 Å². The molecule has 8 nitrogen and oxygen atoms in total. The van der Waals surface area contributed by atoms with Crippen molar-refractivity contribution in [2.24, 2.45) is 0 Å². The Bertz CT molecular complexity index is 1190. The van der Waals surface area contributed by atoms with Gasteiger partial charge in [-0.15, -0.1) is 0 Å². The Labute approximate surface area is 176 Å². The monoisotopic (exact) mass is 425 g/mol. The molecular weight excluding hydrogens is 406 g/mol. The quantitative estimate of drug-likeness (QED) is 0.625. The second-order valence-electron chi connectivity index (χ2n) is 7.68. The number of imidazole rings is 1. The Morgan fingerprint density at radius 2 is 1.97 bits per heavy atom. The first kappa shape index (κ1) is 19.0. The number of aromatic nitrogens is 3. The molecule has 2 aliphatic heterocycles. The van der Waals surface area contributed by atoms with Gasteiger partial charge in [0.15, 0.2) is 0 Å². The van der Waals surface area contributed by atoms with E-state index in [0.717, 1.165) is 25.9 Å². The first-order valence-electron chi connectivity index (χ1n) is 9.99. The van der Waals surface area contributed by atoms with Crippen LogP contribution in [0.25, 0.3) is 22.4 Å². The molecule has 1 atom stereocenters. The minimum absolute atomic E-state index is 0.207. The third-order valence-electron chi connectivity index (χ3n) is 6.02. The smallest absolute Gasteiger partial charge is 0.261 e. The molecule has 9 heteroatoms. The average molecular weight is 426 g/mol. The highest BCUT2D eigenvalue weighted by Crippen LogP contribution is 2.31. The lowest BCUT2D eigenvalue weighted by Gasteiger charge is -2.26. The normalized spacial score (nSPS) is 19.3. The summed E-state index contributed by atoms with van der Waals surface area (Å²) in [5.41, 5.74) is 1.63. The molecule has 0 aliphatic carbocycles. The van der Waals surface area contributed by atoms with Gasteiger partial charge in [0.1, 0.15) is 11.4 Å². The number of carbonyl (C=O) groups is 2. The lowest BCUT2D eigenvalue weighted by molar-refractivity contribution is 0.0611. The van der Waals surface area contributed by atoms with Gasteiger partial charge >= 0.3 is 0 Å². The molecule has 4 heterocycles. The minimum Gasteiger partial charge on any atom is -0.338 e. The second-order valence-corrected chi connectivity index (χ2v) is 8.08. The number of nitrogens with one attached hydrogen (secondary N) is 2. The van der Waals surface area contributed by atoms with Crippen LogP contribution in [0, 0.1) is 0 Å². The van der Waals surface area contributed by atoms with Crippen LogP contribution in [0.1, 0.15) is 40.5 Å². The third-order valence-corrected chi connectivity index (χ3v) is 6.33. The van der Waals surface area contributed by atoms with Crippen molar-refractivity contribution in [3.05, 3.63) is 50.9 Å². The van der Waals surface area contributed by atoms with Gasteiger partial charge in [-0.2, -0.15) is 0 Å². The lowest BCUT2D eigenvalue weighted by Crippen LogP contribution is -2.42. The van der Waals surface area contributed by atoms with Crippen molar-refractivity contribution in [2.45, 2.75) is 25.8 Å². The fourth-order valence-electron chi connectivity index (χ4n) is 4.48. The van der Waals surface area contributed by atoms with Crippen LogP contribution in [0.3, 0.4) is 0 Å². The van der Waals surface area contributed by atoms with Gasteiger partial charge in [0, 0.05) is 18.8 Å². The molecule has 0 spiro atoms. The SMILES string of the molecule is CCN1CCC[C@@H]1CN1C(=O)c2cc3nc(-c4c(Cl)cc[nH]c4=O)[nH]c3cc2C1=O. The molecule has 2 amide bonds.